The van der Waals surface area contributed by atoms with Crippen molar-refractivity contribution in [1.82, 2.24) is 0 Å². The summed E-state index contributed by atoms with van der Waals surface area (Å²) in [5.74, 6) is -0.125. The smallest absolute Gasteiger partial charge is 0.142 e. The van der Waals surface area contributed by atoms with Crippen LogP contribution in [-0.4, -0.2) is 0 Å². The Morgan fingerprint density at radius 3 is 2.67 bits per heavy atom. The zero-order valence-electron chi connectivity index (χ0n) is 10.9. The van der Waals surface area contributed by atoms with Crippen molar-refractivity contribution in [3.8, 4) is 11.8 Å². The largest absolute Gasteiger partial charge is 0.487 e. The number of nitrogens with two attached hydrogens (primary N) is 1. The Labute approximate surface area is 131 Å². The highest BCUT2D eigenvalue weighted by atomic mass is 35.5. The van der Waals surface area contributed by atoms with Crippen molar-refractivity contribution >= 4 is 23.2 Å². The highest BCUT2D eigenvalue weighted by molar-refractivity contribution is 6.35. The summed E-state index contributed by atoms with van der Waals surface area (Å²) in [5.41, 5.74) is 6.93. The number of benzene rings is 2. The van der Waals surface area contributed by atoms with Crippen molar-refractivity contribution < 1.29 is 9.13 Å². The van der Waals surface area contributed by atoms with Gasteiger partial charge in [-0.25, -0.2) is 4.39 Å². The molecule has 0 saturated heterocycles. The maximum absolute atomic E-state index is 13.2. The lowest BCUT2D eigenvalue weighted by atomic mass is 10.1. The third-order valence-electron chi connectivity index (χ3n) is 2.84. The molecule has 0 aromatic heterocycles. The molecule has 0 bridgehead atoms. The molecule has 0 aliphatic rings. The molecular weight excluding hydrogens is 314 g/mol. The Bertz CT molecular complexity index is 714. The molecule has 2 aromatic carbocycles. The molecule has 2 N–H and O–H groups in total. The summed E-state index contributed by atoms with van der Waals surface area (Å²) in [4.78, 5) is 0. The van der Waals surface area contributed by atoms with E-state index in [0.717, 1.165) is 0 Å². The van der Waals surface area contributed by atoms with Gasteiger partial charge in [-0.3, -0.25) is 0 Å². The zero-order chi connectivity index (χ0) is 15.4. The van der Waals surface area contributed by atoms with E-state index in [1.54, 1.807) is 24.3 Å². The molecule has 0 heterocycles. The number of ether oxygens (including phenoxy) is 1. The minimum absolute atomic E-state index is 0.0302. The maximum Gasteiger partial charge on any atom is 0.142 e. The van der Waals surface area contributed by atoms with Gasteiger partial charge in [-0.15, -0.1) is 0 Å². The first-order valence-corrected chi connectivity index (χ1v) is 6.80. The molecule has 6 heteroatoms. The average Bonchev–Trinajstić information content (AvgIpc) is 2.47. The average molecular weight is 325 g/mol. The number of halogens is 3. The molecular formula is C15H11Cl2FN2O. The summed E-state index contributed by atoms with van der Waals surface area (Å²) < 4.78 is 18.9. The number of rotatable bonds is 4. The minimum atomic E-state index is -0.562. The second-order valence-corrected chi connectivity index (χ2v) is 5.14. The van der Waals surface area contributed by atoms with E-state index < -0.39 is 5.82 Å². The molecule has 0 spiro atoms. The van der Waals surface area contributed by atoms with Crippen LogP contribution in [0.5, 0.6) is 5.75 Å². The molecule has 2 rings (SSSR count). The topological polar surface area (TPSA) is 59.0 Å². The van der Waals surface area contributed by atoms with Crippen LogP contribution in [0.1, 0.15) is 16.7 Å². The molecule has 3 nitrogen and oxygen atoms in total. The molecule has 0 aliphatic carbocycles. The first-order chi connectivity index (χ1) is 10.0. The molecule has 108 valence electrons. The van der Waals surface area contributed by atoms with Crippen LogP contribution in [-0.2, 0) is 13.2 Å². The van der Waals surface area contributed by atoms with Gasteiger partial charge in [-0.1, -0.05) is 29.3 Å². The van der Waals surface area contributed by atoms with Crippen LogP contribution in [0.25, 0.3) is 0 Å². The molecule has 0 atom stereocenters. The molecule has 0 fully saturated rings. The predicted octanol–water partition coefficient (Wildman–Crippen LogP) is 4.04. The van der Waals surface area contributed by atoms with Crippen LogP contribution in [0.3, 0.4) is 0 Å². The summed E-state index contributed by atoms with van der Waals surface area (Å²) in [7, 11) is 0. The molecule has 0 amide bonds. The zero-order valence-corrected chi connectivity index (χ0v) is 12.4. The Morgan fingerprint density at radius 2 is 2.00 bits per heavy atom. The molecule has 0 unspecified atom stereocenters. The van der Waals surface area contributed by atoms with Gasteiger partial charge in [0, 0.05) is 17.1 Å². The van der Waals surface area contributed by atoms with E-state index in [4.69, 9.17) is 38.9 Å². The van der Waals surface area contributed by atoms with E-state index in [2.05, 4.69) is 0 Å². The fourth-order valence-electron chi connectivity index (χ4n) is 1.83. The number of hydrogen-bond acceptors (Lipinski definition) is 3. The molecule has 0 aliphatic heterocycles. The van der Waals surface area contributed by atoms with E-state index in [1.165, 1.54) is 12.1 Å². The number of nitriles is 1. The van der Waals surface area contributed by atoms with Crippen molar-refractivity contribution in [3.05, 3.63) is 62.9 Å². The molecule has 0 radical (unpaired) electrons. The van der Waals surface area contributed by atoms with Crippen LogP contribution >= 0.6 is 23.2 Å². The summed E-state index contributed by atoms with van der Waals surface area (Å²) in [6.07, 6.45) is 0. The Kier molecular flexibility index (Phi) is 5.03. The van der Waals surface area contributed by atoms with Gasteiger partial charge in [-0.05, 0) is 29.8 Å². The Morgan fingerprint density at radius 1 is 1.24 bits per heavy atom. The van der Waals surface area contributed by atoms with Crippen LogP contribution in [0, 0.1) is 17.1 Å². The molecule has 2 aromatic rings. The summed E-state index contributed by atoms with van der Waals surface area (Å²) in [6, 6.07) is 9.22. The van der Waals surface area contributed by atoms with E-state index in [9.17, 15) is 4.39 Å². The fraction of sp³-hybridized carbons (Fsp3) is 0.133. The second-order valence-electron chi connectivity index (χ2n) is 4.29. The first kappa shape index (κ1) is 15.6. The molecule has 21 heavy (non-hydrogen) atoms. The van der Waals surface area contributed by atoms with Gasteiger partial charge in [0.25, 0.3) is 0 Å². The van der Waals surface area contributed by atoms with Gasteiger partial charge in [0.2, 0.25) is 0 Å². The highest BCUT2D eigenvalue weighted by Crippen LogP contribution is 2.32. The van der Waals surface area contributed by atoms with Gasteiger partial charge in [-0.2, -0.15) is 5.26 Å². The summed E-state index contributed by atoms with van der Waals surface area (Å²) in [5, 5.41) is 9.63. The lowest BCUT2D eigenvalue weighted by Gasteiger charge is -2.13. The standard InChI is InChI=1S/C15H11Cl2FN2O/c16-12-4-11(7-20)15(13(17)5-12)21-8-9-1-2-14(18)10(3-9)6-19/h1-5H,7-8,20H2. The number of hydrogen-bond donors (Lipinski definition) is 1. The van der Waals surface area contributed by atoms with Crippen molar-refractivity contribution in [2.75, 3.05) is 0 Å². The highest BCUT2D eigenvalue weighted by Gasteiger charge is 2.11. The lowest BCUT2D eigenvalue weighted by Crippen LogP contribution is -2.04. The summed E-state index contributed by atoms with van der Waals surface area (Å²) >= 11 is 12.0. The van der Waals surface area contributed by atoms with E-state index >= 15 is 0 Å². The van der Waals surface area contributed by atoms with Gasteiger partial charge < -0.3 is 10.5 Å². The van der Waals surface area contributed by atoms with Crippen LogP contribution < -0.4 is 10.5 Å². The monoisotopic (exact) mass is 324 g/mol. The van der Waals surface area contributed by atoms with E-state index in [-0.39, 0.29) is 18.7 Å². The van der Waals surface area contributed by atoms with Crippen molar-refractivity contribution in [3.63, 3.8) is 0 Å². The van der Waals surface area contributed by atoms with Crippen molar-refractivity contribution in [2.24, 2.45) is 5.73 Å². The minimum Gasteiger partial charge on any atom is -0.487 e. The lowest BCUT2D eigenvalue weighted by molar-refractivity contribution is 0.303. The SMILES string of the molecule is N#Cc1cc(COc2c(Cl)cc(Cl)cc2CN)ccc1F. The van der Waals surface area contributed by atoms with Crippen molar-refractivity contribution in [2.45, 2.75) is 13.2 Å². The van der Waals surface area contributed by atoms with Crippen molar-refractivity contribution in [1.29, 1.82) is 5.26 Å². The van der Waals surface area contributed by atoms with Gasteiger partial charge in [0.05, 0.1) is 10.6 Å². The van der Waals surface area contributed by atoms with E-state index in [1.807, 2.05) is 0 Å². The van der Waals surface area contributed by atoms with Crippen LogP contribution in [0.4, 0.5) is 4.39 Å². The van der Waals surface area contributed by atoms with E-state index in [0.29, 0.717) is 26.9 Å². The van der Waals surface area contributed by atoms with Crippen LogP contribution in [0.2, 0.25) is 10.0 Å². The predicted molar refractivity (Wildman–Crippen MR) is 79.8 cm³/mol. The van der Waals surface area contributed by atoms with Gasteiger partial charge in [0.1, 0.15) is 24.2 Å². The maximum atomic E-state index is 13.2. The quantitative estimate of drug-likeness (QED) is 0.923. The van der Waals surface area contributed by atoms with Gasteiger partial charge >= 0.3 is 0 Å². The third-order valence-corrected chi connectivity index (χ3v) is 3.34. The normalized spacial score (nSPS) is 10.2. The number of nitrogens with zero attached hydrogens (tertiary/aromatic N) is 1. The third kappa shape index (κ3) is 3.64. The summed E-state index contributed by atoms with van der Waals surface area (Å²) in [6.45, 7) is 0.367. The van der Waals surface area contributed by atoms with Gasteiger partial charge in [0.15, 0.2) is 0 Å². The second kappa shape index (κ2) is 6.77. The Balaban J connectivity index is 2.23. The van der Waals surface area contributed by atoms with Crippen LogP contribution in [0.15, 0.2) is 30.3 Å². The fourth-order valence-corrected chi connectivity index (χ4v) is 2.42. The molecule has 0 saturated carbocycles. The first-order valence-electron chi connectivity index (χ1n) is 6.04. The Hall–Kier alpha value is -1.80.